The number of hydrogen-bond donors (Lipinski definition) is 1. The van der Waals surface area contributed by atoms with Crippen LogP contribution in [-0.4, -0.2) is 5.25 Å². The van der Waals surface area contributed by atoms with E-state index in [4.69, 9.17) is 0 Å². The van der Waals surface area contributed by atoms with E-state index in [2.05, 4.69) is 33.4 Å². The quantitative estimate of drug-likeness (QED) is 0.576. The summed E-state index contributed by atoms with van der Waals surface area (Å²) in [4.78, 5) is 0. The van der Waals surface area contributed by atoms with Gasteiger partial charge in [0.2, 0.25) is 0 Å². The molecule has 0 heterocycles. The highest BCUT2D eigenvalue weighted by molar-refractivity contribution is 7.81. The Labute approximate surface area is 76.2 Å². The Morgan fingerprint density at radius 1 is 1.27 bits per heavy atom. The molecule has 3 atom stereocenters. The highest BCUT2D eigenvalue weighted by atomic mass is 32.1. The Hall–Kier alpha value is 0.350. The first kappa shape index (κ1) is 9.44. The van der Waals surface area contributed by atoms with Crippen molar-refractivity contribution in [3.8, 4) is 0 Å². The van der Waals surface area contributed by atoms with Crippen molar-refractivity contribution in [3.63, 3.8) is 0 Å². The minimum Gasteiger partial charge on any atom is -0.176 e. The lowest BCUT2D eigenvalue weighted by molar-refractivity contribution is 0.245. The van der Waals surface area contributed by atoms with Crippen LogP contribution in [0.5, 0.6) is 0 Å². The fourth-order valence-corrected chi connectivity index (χ4v) is 3.01. The van der Waals surface area contributed by atoms with Gasteiger partial charge >= 0.3 is 0 Å². The lowest BCUT2D eigenvalue weighted by Crippen LogP contribution is -2.27. The van der Waals surface area contributed by atoms with E-state index in [1.165, 1.54) is 19.3 Å². The molecule has 1 aliphatic rings. The molecule has 1 fully saturated rings. The van der Waals surface area contributed by atoms with Crippen molar-refractivity contribution in [1.29, 1.82) is 0 Å². The number of rotatable bonds is 1. The first-order valence-electron chi connectivity index (χ1n) is 4.79. The largest absolute Gasteiger partial charge is 0.176 e. The van der Waals surface area contributed by atoms with Crippen LogP contribution in [0.15, 0.2) is 0 Å². The van der Waals surface area contributed by atoms with Crippen LogP contribution in [0.25, 0.3) is 0 Å². The minimum atomic E-state index is 0.666. The molecular weight excluding hydrogens is 152 g/mol. The Morgan fingerprint density at radius 3 is 2.36 bits per heavy atom. The second-order valence-electron chi connectivity index (χ2n) is 4.39. The Morgan fingerprint density at radius 2 is 1.91 bits per heavy atom. The molecule has 0 nitrogen and oxygen atoms in total. The Kier molecular flexibility index (Phi) is 3.29. The van der Waals surface area contributed by atoms with E-state index in [1.54, 1.807) is 0 Å². The van der Waals surface area contributed by atoms with Gasteiger partial charge in [-0.1, -0.05) is 27.2 Å². The van der Waals surface area contributed by atoms with Crippen molar-refractivity contribution < 1.29 is 0 Å². The van der Waals surface area contributed by atoms with Crippen LogP contribution in [0.2, 0.25) is 0 Å². The van der Waals surface area contributed by atoms with Crippen molar-refractivity contribution in [2.24, 2.45) is 17.8 Å². The summed E-state index contributed by atoms with van der Waals surface area (Å²) < 4.78 is 0. The van der Waals surface area contributed by atoms with Crippen LogP contribution >= 0.6 is 12.6 Å². The molecule has 1 rings (SSSR count). The fourth-order valence-electron chi connectivity index (χ4n) is 2.15. The van der Waals surface area contributed by atoms with Crippen molar-refractivity contribution >= 4 is 12.6 Å². The third kappa shape index (κ3) is 2.40. The summed E-state index contributed by atoms with van der Waals surface area (Å²) in [6.45, 7) is 6.99. The van der Waals surface area contributed by atoms with E-state index >= 15 is 0 Å². The second-order valence-corrected chi connectivity index (χ2v) is 5.06. The van der Waals surface area contributed by atoms with Gasteiger partial charge in [-0.3, -0.25) is 0 Å². The van der Waals surface area contributed by atoms with Gasteiger partial charge in [-0.15, -0.1) is 0 Å². The van der Waals surface area contributed by atoms with Gasteiger partial charge in [0.1, 0.15) is 0 Å². The number of thiol groups is 1. The van der Waals surface area contributed by atoms with E-state index < -0.39 is 0 Å². The second kappa shape index (κ2) is 3.84. The van der Waals surface area contributed by atoms with Crippen LogP contribution in [0.4, 0.5) is 0 Å². The van der Waals surface area contributed by atoms with Gasteiger partial charge in [0, 0.05) is 5.25 Å². The van der Waals surface area contributed by atoms with E-state index in [9.17, 15) is 0 Å². The molecule has 0 aromatic rings. The lowest BCUT2D eigenvalue weighted by atomic mass is 9.77. The molecular formula is C10H20S. The fraction of sp³-hybridized carbons (Fsp3) is 1.00. The molecule has 0 amide bonds. The predicted octanol–water partition coefficient (Wildman–Crippen LogP) is 3.38. The zero-order valence-electron chi connectivity index (χ0n) is 7.88. The van der Waals surface area contributed by atoms with Gasteiger partial charge < -0.3 is 0 Å². The summed E-state index contributed by atoms with van der Waals surface area (Å²) >= 11 is 4.65. The topological polar surface area (TPSA) is 0 Å². The first-order valence-corrected chi connectivity index (χ1v) is 5.31. The van der Waals surface area contributed by atoms with Gasteiger partial charge in [0.05, 0.1) is 0 Å². The van der Waals surface area contributed by atoms with Gasteiger partial charge in [0.25, 0.3) is 0 Å². The van der Waals surface area contributed by atoms with Gasteiger partial charge in [0.15, 0.2) is 0 Å². The predicted molar refractivity (Wildman–Crippen MR) is 54.1 cm³/mol. The van der Waals surface area contributed by atoms with Crippen molar-refractivity contribution in [2.75, 3.05) is 0 Å². The zero-order valence-corrected chi connectivity index (χ0v) is 8.77. The highest BCUT2D eigenvalue weighted by Gasteiger charge is 2.27. The van der Waals surface area contributed by atoms with E-state index in [0.717, 1.165) is 17.8 Å². The zero-order chi connectivity index (χ0) is 8.43. The van der Waals surface area contributed by atoms with Gasteiger partial charge in [-0.05, 0) is 30.6 Å². The highest BCUT2D eigenvalue weighted by Crippen LogP contribution is 2.36. The summed E-state index contributed by atoms with van der Waals surface area (Å²) in [5, 5.41) is 0.666. The molecule has 0 aromatic carbocycles. The third-order valence-electron chi connectivity index (χ3n) is 2.99. The maximum atomic E-state index is 4.65. The van der Waals surface area contributed by atoms with Gasteiger partial charge in [-0.25, -0.2) is 0 Å². The minimum absolute atomic E-state index is 0.666. The smallest absolute Gasteiger partial charge is 0.00500 e. The van der Waals surface area contributed by atoms with Crippen LogP contribution in [0.3, 0.4) is 0 Å². The van der Waals surface area contributed by atoms with Crippen LogP contribution < -0.4 is 0 Å². The molecule has 0 aromatic heterocycles. The Bertz CT molecular complexity index is 120. The molecule has 0 saturated heterocycles. The normalized spacial score (nSPS) is 39.5. The Balaban J connectivity index is 2.44. The first-order chi connectivity index (χ1) is 5.11. The molecule has 1 saturated carbocycles. The maximum absolute atomic E-state index is 4.65. The monoisotopic (exact) mass is 172 g/mol. The summed E-state index contributed by atoms with van der Waals surface area (Å²) in [6, 6.07) is 0. The molecule has 0 N–H and O–H groups in total. The van der Waals surface area contributed by atoms with Crippen LogP contribution in [-0.2, 0) is 0 Å². The standard InChI is InChI=1S/C10H20S/c1-7(2)9-5-4-8(3)6-10(9)11/h7-11H,4-6H2,1-3H3/t8-,9-,10-/m0/s1. The molecule has 0 spiro atoms. The van der Waals surface area contributed by atoms with Gasteiger partial charge in [-0.2, -0.15) is 12.6 Å². The summed E-state index contributed by atoms with van der Waals surface area (Å²) in [7, 11) is 0. The molecule has 1 aliphatic carbocycles. The summed E-state index contributed by atoms with van der Waals surface area (Å²) in [5.41, 5.74) is 0. The van der Waals surface area contributed by atoms with Crippen LogP contribution in [0.1, 0.15) is 40.0 Å². The van der Waals surface area contributed by atoms with Crippen molar-refractivity contribution in [2.45, 2.75) is 45.3 Å². The van der Waals surface area contributed by atoms with Crippen molar-refractivity contribution in [1.82, 2.24) is 0 Å². The average Bonchev–Trinajstić information content (AvgIpc) is 1.85. The molecule has 0 aliphatic heterocycles. The molecule has 1 heteroatoms. The third-order valence-corrected chi connectivity index (χ3v) is 3.58. The lowest BCUT2D eigenvalue weighted by Gasteiger charge is -2.34. The maximum Gasteiger partial charge on any atom is 0.00500 e. The van der Waals surface area contributed by atoms with E-state index in [-0.39, 0.29) is 0 Å². The summed E-state index contributed by atoms with van der Waals surface area (Å²) in [5.74, 6) is 2.60. The summed E-state index contributed by atoms with van der Waals surface area (Å²) in [6.07, 6.45) is 4.14. The average molecular weight is 172 g/mol. The van der Waals surface area contributed by atoms with E-state index in [0.29, 0.717) is 5.25 Å². The van der Waals surface area contributed by atoms with Crippen LogP contribution in [0, 0.1) is 17.8 Å². The SMILES string of the molecule is CC(C)[C@@H]1CC[C@H](C)C[C@@H]1S. The van der Waals surface area contributed by atoms with E-state index in [1.807, 2.05) is 0 Å². The number of hydrogen-bond acceptors (Lipinski definition) is 1. The molecule has 0 unspecified atom stereocenters. The van der Waals surface area contributed by atoms with Crippen molar-refractivity contribution in [3.05, 3.63) is 0 Å². The molecule has 0 radical (unpaired) electrons. The molecule has 0 bridgehead atoms. The molecule has 11 heavy (non-hydrogen) atoms. The molecule has 66 valence electrons.